The molecule has 1 saturated heterocycles. The van der Waals surface area contributed by atoms with Gasteiger partial charge in [-0.15, -0.1) is 0 Å². The second kappa shape index (κ2) is 7.26. The smallest absolute Gasteiger partial charge is 0.223 e. The minimum Gasteiger partial charge on any atom is -0.341 e. The summed E-state index contributed by atoms with van der Waals surface area (Å²) in [5.41, 5.74) is 9.37. The predicted molar refractivity (Wildman–Crippen MR) is 90.4 cm³/mol. The van der Waals surface area contributed by atoms with Crippen LogP contribution in [0.2, 0.25) is 0 Å². The van der Waals surface area contributed by atoms with Crippen LogP contribution in [0.25, 0.3) is 0 Å². The van der Waals surface area contributed by atoms with E-state index in [-0.39, 0.29) is 17.7 Å². The highest BCUT2D eigenvalue weighted by Crippen LogP contribution is 2.23. The Morgan fingerprint density at radius 2 is 1.87 bits per heavy atom. The molecule has 1 heterocycles. The van der Waals surface area contributed by atoms with E-state index < -0.39 is 0 Å². The largest absolute Gasteiger partial charge is 0.341 e. The molecular weight excluding hydrogens is 288 g/mol. The maximum atomic E-state index is 12.4. The Morgan fingerprint density at radius 3 is 2.65 bits per heavy atom. The minimum absolute atomic E-state index is 0.0615. The first-order valence-electron chi connectivity index (χ1n) is 8.82. The van der Waals surface area contributed by atoms with Crippen molar-refractivity contribution in [2.75, 3.05) is 13.1 Å². The van der Waals surface area contributed by atoms with Gasteiger partial charge in [0.05, 0.1) is 0 Å². The molecule has 1 fully saturated rings. The molecule has 2 aliphatic rings. The number of aryl methyl sites for hydroxylation is 2. The fourth-order valence-corrected chi connectivity index (χ4v) is 3.67. The zero-order chi connectivity index (χ0) is 16.2. The number of nitrogens with zero attached hydrogens (tertiary/aromatic N) is 1. The van der Waals surface area contributed by atoms with Gasteiger partial charge in [-0.05, 0) is 55.7 Å². The van der Waals surface area contributed by atoms with Crippen LogP contribution in [0.4, 0.5) is 0 Å². The summed E-state index contributed by atoms with van der Waals surface area (Å²) in [5, 5.41) is 0. The first-order chi connectivity index (χ1) is 11.1. The molecule has 1 amide bonds. The lowest BCUT2D eigenvalue weighted by atomic mass is 9.89. The van der Waals surface area contributed by atoms with E-state index >= 15 is 0 Å². The van der Waals surface area contributed by atoms with Crippen LogP contribution >= 0.6 is 0 Å². The standard InChI is InChI=1S/C19H26N2O2/c20-17-6-3-11-21(13-17)19(23)10-9-18(22)16-8-7-14-4-1-2-5-15(14)12-16/h7-8,12,17H,1-6,9-11,13,20H2. The summed E-state index contributed by atoms with van der Waals surface area (Å²) < 4.78 is 0. The SMILES string of the molecule is NC1CCCN(C(=O)CCC(=O)c2ccc3c(c2)CCCC3)C1. The fourth-order valence-electron chi connectivity index (χ4n) is 3.67. The number of benzene rings is 1. The summed E-state index contributed by atoms with van der Waals surface area (Å²) in [7, 11) is 0. The molecule has 4 nitrogen and oxygen atoms in total. The molecule has 1 aromatic carbocycles. The van der Waals surface area contributed by atoms with Gasteiger partial charge in [0.1, 0.15) is 0 Å². The third-order valence-corrected chi connectivity index (χ3v) is 5.05. The molecule has 0 radical (unpaired) electrons. The van der Waals surface area contributed by atoms with E-state index in [9.17, 15) is 9.59 Å². The van der Waals surface area contributed by atoms with E-state index in [1.807, 2.05) is 17.0 Å². The highest BCUT2D eigenvalue weighted by atomic mass is 16.2. The lowest BCUT2D eigenvalue weighted by Crippen LogP contribution is -2.45. The second-order valence-corrected chi connectivity index (χ2v) is 6.86. The average molecular weight is 314 g/mol. The lowest BCUT2D eigenvalue weighted by Gasteiger charge is -2.30. The summed E-state index contributed by atoms with van der Waals surface area (Å²) in [5.74, 6) is 0.138. The molecule has 124 valence electrons. The van der Waals surface area contributed by atoms with Gasteiger partial charge in [-0.25, -0.2) is 0 Å². The number of carbonyl (C=O) groups excluding carboxylic acids is 2. The van der Waals surface area contributed by atoms with Crippen molar-refractivity contribution in [1.29, 1.82) is 0 Å². The van der Waals surface area contributed by atoms with Crippen molar-refractivity contribution in [2.24, 2.45) is 5.73 Å². The number of fused-ring (bicyclic) bond motifs is 1. The number of nitrogens with two attached hydrogens (primary N) is 1. The highest BCUT2D eigenvalue weighted by molar-refractivity contribution is 5.98. The molecule has 3 rings (SSSR count). The number of rotatable bonds is 4. The van der Waals surface area contributed by atoms with Gasteiger partial charge >= 0.3 is 0 Å². The van der Waals surface area contributed by atoms with Crippen LogP contribution in [0.5, 0.6) is 0 Å². The molecule has 0 spiro atoms. The average Bonchev–Trinajstić information content (AvgIpc) is 2.59. The van der Waals surface area contributed by atoms with E-state index in [1.165, 1.54) is 24.0 Å². The third-order valence-electron chi connectivity index (χ3n) is 5.05. The number of likely N-dealkylation sites (tertiary alicyclic amines) is 1. The third kappa shape index (κ3) is 3.99. The summed E-state index contributed by atoms with van der Waals surface area (Å²) >= 11 is 0. The van der Waals surface area contributed by atoms with Crippen molar-refractivity contribution >= 4 is 11.7 Å². The van der Waals surface area contributed by atoms with Crippen molar-refractivity contribution < 1.29 is 9.59 Å². The number of amides is 1. The predicted octanol–water partition coefficient (Wildman–Crippen LogP) is 2.48. The van der Waals surface area contributed by atoms with Crippen LogP contribution in [0.15, 0.2) is 18.2 Å². The zero-order valence-corrected chi connectivity index (χ0v) is 13.7. The van der Waals surface area contributed by atoms with Crippen molar-refractivity contribution in [3.05, 3.63) is 34.9 Å². The highest BCUT2D eigenvalue weighted by Gasteiger charge is 2.22. The van der Waals surface area contributed by atoms with E-state index in [1.54, 1.807) is 0 Å². The molecule has 1 aliphatic heterocycles. The van der Waals surface area contributed by atoms with Gasteiger partial charge < -0.3 is 10.6 Å². The maximum Gasteiger partial charge on any atom is 0.223 e. The quantitative estimate of drug-likeness (QED) is 0.868. The van der Waals surface area contributed by atoms with E-state index in [2.05, 4.69) is 6.07 Å². The van der Waals surface area contributed by atoms with Crippen LogP contribution in [0.1, 0.15) is 60.0 Å². The Labute approximate surface area is 138 Å². The number of piperidine rings is 1. The van der Waals surface area contributed by atoms with Gasteiger partial charge in [0.25, 0.3) is 0 Å². The number of hydrogen-bond acceptors (Lipinski definition) is 3. The van der Waals surface area contributed by atoms with Crippen LogP contribution in [0.3, 0.4) is 0 Å². The van der Waals surface area contributed by atoms with Gasteiger partial charge in [0.2, 0.25) is 5.91 Å². The van der Waals surface area contributed by atoms with E-state index in [0.717, 1.165) is 37.8 Å². The molecular formula is C19H26N2O2. The van der Waals surface area contributed by atoms with Crippen molar-refractivity contribution in [3.63, 3.8) is 0 Å². The van der Waals surface area contributed by atoms with Gasteiger partial charge in [-0.2, -0.15) is 0 Å². The summed E-state index contributed by atoms with van der Waals surface area (Å²) in [6.45, 7) is 1.41. The first kappa shape index (κ1) is 16.2. The normalized spacial score (nSPS) is 20.9. The van der Waals surface area contributed by atoms with Crippen LogP contribution in [-0.4, -0.2) is 35.7 Å². The maximum absolute atomic E-state index is 12.4. The zero-order valence-electron chi connectivity index (χ0n) is 13.7. The Hall–Kier alpha value is -1.68. The Morgan fingerprint density at radius 1 is 1.09 bits per heavy atom. The molecule has 0 saturated carbocycles. The Bertz CT molecular complexity index is 597. The molecule has 1 atom stereocenters. The monoisotopic (exact) mass is 314 g/mol. The Kier molecular flexibility index (Phi) is 5.11. The number of carbonyl (C=O) groups is 2. The molecule has 0 aromatic heterocycles. The molecule has 4 heteroatoms. The van der Waals surface area contributed by atoms with Gasteiger partial charge in [-0.1, -0.05) is 12.1 Å². The molecule has 1 unspecified atom stereocenters. The Balaban J connectivity index is 1.55. The molecule has 1 aromatic rings. The van der Waals surface area contributed by atoms with Gasteiger partial charge in [-0.3, -0.25) is 9.59 Å². The number of hydrogen-bond donors (Lipinski definition) is 1. The topological polar surface area (TPSA) is 63.4 Å². The fraction of sp³-hybridized carbons (Fsp3) is 0.579. The summed E-state index contributed by atoms with van der Waals surface area (Å²) in [6, 6.07) is 6.14. The van der Waals surface area contributed by atoms with Crippen molar-refractivity contribution in [3.8, 4) is 0 Å². The van der Waals surface area contributed by atoms with Gasteiger partial charge in [0, 0.05) is 37.5 Å². The van der Waals surface area contributed by atoms with Gasteiger partial charge in [0.15, 0.2) is 5.78 Å². The molecule has 23 heavy (non-hydrogen) atoms. The van der Waals surface area contributed by atoms with Crippen molar-refractivity contribution in [1.82, 2.24) is 4.90 Å². The van der Waals surface area contributed by atoms with E-state index in [4.69, 9.17) is 5.73 Å². The van der Waals surface area contributed by atoms with Crippen LogP contribution < -0.4 is 5.73 Å². The summed E-state index contributed by atoms with van der Waals surface area (Å²) in [6.07, 6.45) is 7.18. The number of ketones is 1. The lowest BCUT2D eigenvalue weighted by molar-refractivity contribution is -0.132. The molecule has 0 bridgehead atoms. The van der Waals surface area contributed by atoms with E-state index in [0.29, 0.717) is 19.4 Å². The first-order valence-corrected chi connectivity index (χ1v) is 8.82. The molecule has 2 N–H and O–H groups in total. The number of Topliss-reactive ketones (excluding diaryl/α,β-unsaturated/α-hetero) is 1. The second-order valence-electron chi connectivity index (χ2n) is 6.86. The summed E-state index contributed by atoms with van der Waals surface area (Å²) in [4.78, 5) is 26.4. The van der Waals surface area contributed by atoms with Crippen LogP contribution in [0, 0.1) is 0 Å². The van der Waals surface area contributed by atoms with Crippen LogP contribution in [-0.2, 0) is 17.6 Å². The van der Waals surface area contributed by atoms with Crippen molar-refractivity contribution in [2.45, 2.75) is 57.4 Å². The molecule has 1 aliphatic carbocycles. The minimum atomic E-state index is 0.0615.